The predicted octanol–water partition coefficient (Wildman–Crippen LogP) is 3.13. The first kappa shape index (κ1) is 13.8. The quantitative estimate of drug-likeness (QED) is 0.681. The number of rotatable bonds is 2. The number of ether oxygens (including phenoxy) is 1. The molecular weight excluding hydrogens is 292 g/mol. The fourth-order valence-electron chi connectivity index (χ4n) is 3.66. The van der Waals surface area contributed by atoms with Crippen molar-refractivity contribution in [2.45, 2.75) is 12.3 Å². The molecule has 118 valence electrons. The lowest BCUT2D eigenvalue weighted by molar-refractivity contribution is 0.405. The van der Waals surface area contributed by atoms with Crippen molar-refractivity contribution in [3.8, 4) is 28.6 Å². The molecule has 5 heteroatoms. The highest BCUT2D eigenvalue weighted by Crippen LogP contribution is 2.51. The van der Waals surface area contributed by atoms with Crippen molar-refractivity contribution in [1.82, 2.24) is 9.55 Å². The van der Waals surface area contributed by atoms with E-state index in [-0.39, 0.29) is 17.7 Å². The standard InChI is InChI=1S/C18H18N2O3/c1-20-8-7-11-13(20)9-12(10-5-3-4-6-14(10)23-2)16-15(11)17(21)19-18(16)22/h3-8,12,19,21-22H,9H2,1-2H3. The fraction of sp³-hybridized carbons (Fsp3) is 0.222. The summed E-state index contributed by atoms with van der Waals surface area (Å²) in [6.45, 7) is 0. The summed E-state index contributed by atoms with van der Waals surface area (Å²) in [5.74, 6) is 0.716. The van der Waals surface area contributed by atoms with Crippen molar-refractivity contribution in [3.05, 3.63) is 53.3 Å². The van der Waals surface area contributed by atoms with E-state index in [0.29, 0.717) is 5.56 Å². The van der Waals surface area contributed by atoms with Gasteiger partial charge in [-0.1, -0.05) is 18.2 Å². The van der Waals surface area contributed by atoms with Crippen LogP contribution >= 0.6 is 0 Å². The van der Waals surface area contributed by atoms with Gasteiger partial charge in [-0.15, -0.1) is 0 Å². The van der Waals surface area contributed by atoms with Crippen LogP contribution in [0.1, 0.15) is 22.7 Å². The van der Waals surface area contributed by atoms with E-state index in [1.54, 1.807) is 7.11 Å². The lowest BCUT2D eigenvalue weighted by atomic mass is 9.79. The number of nitrogens with one attached hydrogen (secondary N) is 1. The summed E-state index contributed by atoms with van der Waals surface area (Å²) in [7, 11) is 3.64. The van der Waals surface area contributed by atoms with Gasteiger partial charge in [0.25, 0.3) is 0 Å². The minimum atomic E-state index is -0.0839. The second-order valence-electron chi connectivity index (χ2n) is 5.90. The maximum atomic E-state index is 10.3. The van der Waals surface area contributed by atoms with Crippen molar-refractivity contribution in [2.75, 3.05) is 7.11 Å². The molecule has 3 N–H and O–H groups in total. The minimum absolute atomic E-state index is 0.00421. The Balaban J connectivity index is 1.99. The van der Waals surface area contributed by atoms with Gasteiger partial charge in [0.2, 0.25) is 0 Å². The molecular formula is C18H18N2O3. The molecule has 2 heterocycles. The second kappa shape index (κ2) is 4.84. The van der Waals surface area contributed by atoms with Crippen LogP contribution < -0.4 is 4.74 Å². The van der Waals surface area contributed by atoms with Crippen LogP contribution in [-0.2, 0) is 13.5 Å². The number of nitrogens with zero attached hydrogens (tertiary/aromatic N) is 1. The van der Waals surface area contributed by atoms with Gasteiger partial charge < -0.3 is 19.5 Å². The number of aryl methyl sites for hydroxylation is 1. The van der Waals surface area contributed by atoms with Gasteiger partial charge in [0.15, 0.2) is 11.8 Å². The van der Waals surface area contributed by atoms with Crippen molar-refractivity contribution in [1.29, 1.82) is 0 Å². The molecule has 23 heavy (non-hydrogen) atoms. The Morgan fingerprint density at radius 3 is 2.74 bits per heavy atom. The molecule has 0 aliphatic heterocycles. The highest BCUT2D eigenvalue weighted by atomic mass is 16.5. The zero-order chi connectivity index (χ0) is 16.1. The molecule has 3 aromatic rings. The summed E-state index contributed by atoms with van der Waals surface area (Å²) in [4.78, 5) is 2.67. The zero-order valence-electron chi connectivity index (χ0n) is 13.0. The topological polar surface area (TPSA) is 70.4 Å². The van der Waals surface area contributed by atoms with Crippen LogP contribution in [0.15, 0.2) is 36.5 Å². The maximum absolute atomic E-state index is 10.3. The molecule has 1 aliphatic carbocycles. The Bertz CT molecular complexity index is 892. The Hall–Kier alpha value is -2.82. The molecule has 0 fully saturated rings. The van der Waals surface area contributed by atoms with Crippen molar-refractivity contribution >= 4 is 0 Å². The van der Waals surface area contributed by atoms with Crippen molar-refractivity contribution in [2.24, 2.45) is 7.05 Å². The molecule has 0 saturated carbocycles. The van der Waals surface area contributed by atoms with Gasteiger partial charge >= 0.3 is 0 Å². The summed E-state index contributed by atoms with van der Waals surface area (Å²) in [5, 5.41) is 20.6. The monoisotopic (exact) mass is 310 g/mol. The highest BCUT2D eigenvalue weighted by molar-refractivity contribution is 5.81. The maximum Gasteiger partial charge on any atom is 0.199 e. The predicted molar refractivity (Wildman–Crippen MR) is 87.1 cm³/mol. The summed E-state index contributed by atoms with van der Waals surface area (Å²) < 4.78 is 7.56. The third-order valence-corrected chi connectivity index (χ3v) is 4.73. The Morgan fingerprint density at radius 2 is 1.96 bits per heavy atom. The van der Waals surface area contributed by atoms with Crippen LogP contribution in [-0.4, -0.2) is 26.9 Å². The molecule has 1 atom stereocenters. The van der Waals surface area contributed by atoms with E-state index in [1.165, 1.54) is 0 Å². The second-order valence-corrected chi connectivity index (χ2v) is 5.90. The Kier molecular flexibility index (Phi) is 2.91. The average Bonchev–Trinajstić information content (AvgIpc) is 3.07. The lowest BCUT2D eigenvalue weighted by Gasteiger charge is -2.26. The van der Waals surface area contributed by atoms with E-state index in [4.69, 9.17) is 4.74 Å². The van der Waals surface area contributed by atoms with Crippen LogP contribution in [0.5, 0.6) is 17.5 Å². The SMILES string of the molecule is COc1ccccc1C1Cc2c(ccn2C)-c2c(O)[nH]c(O)c21. The summed E-state index contributed by atoms with van der Waals surface area (Å²) in [6, 6.07) is 9.78. The molecule has 1 aliphatic rings. The number of benzene rings is 1. The lowest BCUT2D eigenvalue weighted by Crippen LogP contribution is -2.14. The van der Waals surface area contributed by atoms with Crippen LogP contribution in [0, 0.1) is 0 Å². The first-order valence-corrected chi connectivity index (χ1v) is 7.53. The van der Waals surface area contributed by atoms with Crippen molar-refractivity contribution < 1.29 is 14.9 Å². The van der Waals surface area contributed by atoms with Gasteiger partial charge in [-0.05, 0) is 18.6 Å². The van der Waals surface area contributed by atoms with Crippen LogP contribution in [0.3, 0.4) is 0 Å². The van der Waals surface area contributed by atoms with E-state index in [2.05, 4.69) is 9.55 Å². The molecule has 0 saturated heterocycles. The molecule has 0 bridgehead atoms. The van der Waals surface area contributed by atoms with Crippen LogP contribution in [0.25, 0.3) is 11.1 Å². The van der Waals surface area contributed by atoms with Crippen LogP contribution in [0.2, 0.25) is 0 Å². The van der Waals surface area contributed by atoms with Gasteiger partial charge in [-0.3, -0.25) is 4.98 Å². The molecule has 1 unspecified atom stereocenters. The number of hydrogen-bond acceptors (Lipinski definition) is 3. The fourth-order valence-corrected chi connectivity index (χ4v) is 3.66. The average molecular weight is 310 g/mol. The van der Waals surface area contributed by atoms with Crippen LogP contribution in [0.4, 0.5) is 0 Å². The number of hydrogen-bond donors (Lipinski definition) is 3. The normalized spacial score (nSPS) is 16.0. The highest BCUT2D eigenvalue weighted by Gasteiger charge is 2.35. The van der Waals surface area contributed by atoms with E-state index < -0.39 is 0 Å². The summed E-state index contributed by atoms with van der Waals surface area (Å²) >= 11 is 0. The smallest absolute Gasteiger partial charge is 0.199 e. The van der Waals surface area contributed by atoms with E-state index in [0.717, 1.165) is 34.6 Å². The largest absolute Gasteiger partial charge is 0.496 e. The van der Waals surface area contributed by atoms with E-state index in [1.807, 2.05) is 43.6 Å². The van der Waals surface area contributed by atoms with Gasteiger partial charge in [0.05, 0.1) is 12.7 Å². The minimum Gasteiger partial charge on any atom is -0.496 e. The number of aromatic hydroxyl groups is 2. The van der Waals surface area contributed by atoms with Gasteiger partial charge in [0.1, 0.15) is 5.75 Å². The molecule has 2 aromatic heterocycles. The zero-order valence-corrected chi connectivity index (χ0v) is 13.0. The summed E-state index contributed by atoms with van der Waals surface area (Å²) in [6.07, 6.45) is 2.71. The third kappa shape index (κ3) is 1.86. The summed E-state index contributed by atoms with van der Waals surface area (Å²) in [5.41, 5.74) is 4.49. The number of fused-ring (bicyclic) bond motifs is 3. The third-order valence-electron chi connectivity index (χ3n) is 4.73. The van der Waals surface area contributed by atoms with E-state index >= 15 is 0 Å². The molecule has 5 nitrogen and oxygen atoms in total. The first-order chi connectivity index (χ1) is 11.1. The molecule has 0 amide bonds. The van der Waals surface area contributed by atoms with Gasteiger partial charge in [-0.25, -0.2) is 0 Å². The Morgan fingerprint density at radius 1 is 1.17 bits per heavy atom. The van der Waals surface area contributed by atoms with Crippen molar-refractivity contribution in [3.63, 3.8) is 0 Å². The molecule has 0 radical (unpaired) electrons. The van der Waals surface area contributed by atoms with Gasteiger partial charge in [-0.2, -0.15) is 0 Å². The number of methoxy groups -OCH3 is 1. The first-order valence-electron chi connectivity index (χ1n) is 7.53. The number of aromatic nitrogens is 2. The van der Waals surface area contributed by atoms with E-state index in [9.17, 15) is 10.2 Å². The Labute approximate surface area is 133 Å². The molecule has 0 spiro atoms. The number of H-pyrrole nitrogens is 1. The number of aromatic amines is 1. The van der Waals surface area contributed by atoms with Gasteiger partial charge in [0, 0.05) is 41.5 Å². The number of para-hydroxylation sites is 1. The molecule has 4 rings (SSSR count). The molecule has 1 aromatic carbocycles.